The molecule has 0 aromatic carbocycles. The monoisotopic (exact) mass is 420 g/mol. The van der Waals surface area contributed by atoms with Gasteiger partial charge in [0.2, 0.25) is 0 Å². The zero-order valence-corrected chi connectivity index (χ0v) is 19.0. The molecule has 1 rings (SSSR count). The number of methoxy groups -OCH3 is 4. The van der Waals surface area contributed by atoms with Crippen LogP contribution in [0, 0.1) is 12.5 Å². The van der Waals surface area contributed by atoms with Crippen molar-refractivity contribution in [2.45, 2.75) is 36.8 Å². The zero-order chi connectivity index (χ0) is 19.7. The van der Waals surface area contributed by atoms with Gasteiger partial charge in [-0.05, 0) is 0 Å². The van der Waals surface area contributed by atoms with E-state index in [1.807, 2.05) is 6.11 Å². The summed E-state index contributed by atoms with van der Waals surface area (Å²) < 4.78 is 70.9. The largest absolute Gasteiger partial charge is 1.00 e. The Bertz CT molecular complexity index is 551. The molecule has 1 fully saturated rings. The van der Waals surface area contributed by atoms with Gasteiger partial charge in [0, 0.05) is 28.4 Å². The molecular formula is C15H25NaO10S. The van der Waals surface area contributed by atoms with Crippen LogP contribution in [-0.2, 0) is 43.3 Å². The minimum atomic E-state index is -4.57. The SMILES string of the molecule is C#COC(COC)COC1OC(CS(=O)(=O)[O-])[C@H](OC)C(OC)C1OC.[Na+]. The van der Waals surface area contributed by atoms with Crippen molar-refractivity contribution in [1.29, 1.82) is 0 Å². The van der Waals surface area contributed by atoms with E-state index in [-0.39, 0.29) is 42.8 Å². The Hall–Kier alpha value is 0.0300. The maximum Gasteiger partial charge on any atom is 1.00 e. The predicted molar refractivity (Wildman–Crippen MR) is 87.2 cm³/mol. The molecule has 152 valence electrons. The fourth-order valence-electron chi connectivity index (χ4n) is 2.75. The normalized spacial score (nSPS) is 29.4. The molecule has 0 aromatic rings. The third-order valence-electron chi connectivity index (χ3n) is 3.81. The van der Waals surface area contributed by atoms with E-state index in [1.165, 1.54) is 28.4 Å². The zero-order valence-electron chi connectivity index (χ0n) is 16.2. The van der Waals surface area contributed by atoms with E-state index < -0.39 is 52.7 Å². The Balaban J connectivity index is 0.00000676. The van der Waals surface area contributed by atoms with Crippen LogP contribution in [0.1, 0.15) is 0 Å². The van der Waals surface area contributed by atoms with Crippen molar-refractivity contribution in [3.63, 3.8) is 0 Å². The molecule has 0 aliphatic carbocycles. The summed E-state index contributed by atoms with van der Waals surface area (Å²) in [5.41, 5.74) is 0. The van der Waals surface area contributed by atoms with Crippen LogP contribution in [0.2, 0.25) is 0 Å². The average molecular weight is 420 g/mol. The van der Waals surface area contributed by atoms with E-state index in [2.05, 4.69) is 0 Å². The van der Waals surface area contributed by atoms with Crippen LogP contribution < -0.4 is 29.6 Å². The predicted octanol–water partition coefficient (Wildman–Crippen LogP) is -4.06. The second kappa shape index (κ2) is 13.3. The van der Waals surface area contributed by atoms with Crippen molar-refractivity contribution >= 4 is 10.1 Å². The van der Waals surface area contributed by atoms with Crippen molar-refractivity contribution in [2.75, 3.05) is 47.4 Å². The van der Waals surface area contributed by atoms with E-state index in [1.54, 1.807) is 0 Å². The third kappa shape index (κ3) is 8.51. The fraction of sp³-hybridized carbons (Fsp3) is 0.867. The standard InChI is InChI=1S/C15H26O10S.Na/c1-6-23-10(7-19-2)8-24-15-14(22-5)13(21-4)12(20-3)11(25-15)9-26(16,17)18;/h1,10-15H,7-9H2,2-5H3,(H,16,17,18);/q;+1/p-1/t10?,11?,12-,13?,14?,15?;/m0./s1. The number of hydrogen-bond donors (Lipinski definition) is 0. The molecule has 1 saturated heterocycles. The molecule has 0 radical (unpaired) electrons. The minimum absolute atomic E-state index is 0. The van der Waals surface area contributed by atoms with Gasteiger partial charge in [0.15, 0.2) is 12.4 Å². The fourth-order valence-corrected chi connectivity index (χ4v) is 3.42. The Morgan fingerprint density at radius 3 is 2.11 bits per heavy atom. The van der Waals surface area contributed by atoms with Crippen LogP contribution in [-0.4, -0.2) is 97.2 Å². The van der Waals surface area contributed by atoms with Gasteiger partial charge in [-0.25, -0.2) is 8.42 Å². The summed E-state index contributed by atoms with van der Waals surface area (Å²) in [6.07, 6.45) is 2.13. The molecule has 0 saturated carbocycles. The second-order valence-electron chi connectivity index (χ2n) is 5.51. The van der Waals surface area contributed by atoms with Crippen molar-refractivity contribution in [2.24, 2.45) is 0 Å². The summed E-state index contributed by atoms with van der Waals surface area (Å²) in [6, 6.07) is 0. The maximum atomic E-state index is 11.2. The summed E-state index contributed by atoms with van der Waals surface area (Å²) >= 11 is 0. The van der Waals surface area contributed by atoms with Crippen molar-refractivity contribution in [3.8, 4) is 12.5 Å². The van der Waals surface area contributed by atoms with E-state index in [9.17, 15) is 13.0 Å². The number of ether oxygens (including phenoxy) is 7. The van der Waals surface area contributed by atoms with Crippen molar-refractivity contribution in [1.82, 2.24) is 0 Å². The van der Waals surface area contributed by atoms with Crippen LogP contribution in [0.4, 0.5) is 0 Å². The second-order valence-corrected chi connectivity index (χ2v) is 6.96. The van der Waals surface area contributed by atoms with Gasteiger partial charge in [0.25, 0.3) is 0 Å². The first kappa shape index (κ1) is 27.0. The van der Waals surface area contributed by atoms with E-state index in [0.717, 1.165) is 0 Å². The summed E-state index contributed by atoms with van der Waals surface area (Å²) in [4.78, 5) is 0. The first-order chi connectivity index (χ1) is 12.3. The topological polar surface area (TPSA) is 122 Å². The van der Waals surface area contributed by atoms with Gasteiger partial charge in [-0.1, -0.05) is 6.42 Å². The van der Waals surface area contributed by atoms with Gasteiger partial charge < -0.3 is 37.7 Å². The molecule has 5 unspecified atom stereocenters. The van der Waals surface area contributed by atoms with Crippen LogP contribution >= 0.6 is 0 Å². The van der Waals surface area contributed by atoms with E-state index in [4.69, 9.17) is 39.6 Å². The van der Waals surface area contributed by atoms with Crippen LogP contribution in [0.5, 0.6) is 0 Å². The number of rotatable bonds is 11. The molecule has 1 aliphatic heterocycles. The molecule has 0 bridgehead atoms. The van der Waals surface area contributed by atoms with Gasteiger partial charge in [0.05, 0.1) is 29.1 Å². The van der Waals surface area contributed by atoms with Gasteiger partial charge in [0.1, 0.15) is 30.5 Å². The number of terminal acetylenes is 1. The quantitative estimate of drug-likeness (QED) is 0.185. The maximum absolute atomic E-state index is 11.2. The molecule has 10 nitrogen and oxygen atoms in total. The van der Waals surface area contributed by atoms with Crippen LogP contribution in [0.3, 0.4) is 0 Å². The van der Waals surface area contributed by atoms with Crippen LogP contribution in [0.15, 0.2) is 0 Å². The van der Waals surface area contributed by atoms with Crippen molar-refractivity contribution in [3.05, 3.63) is 0 Å². The van der Waals surface area contributed by atoms with Crippen LogP contribution in [0.25, 0.3) is 0 Å². The van der Waals surface area contributed by atoms with Gasteiger partial charge >= 0.3 is 29.6 Å². The molecule has 0 spiro atoms. The smallest absolute Gasteiger partial charge is 0.748 e. The summed E-state index contributed by atoms with van der Waals surface area (Å²) in [7, 11) is 1.08. The molecule has 1 heterocycles. The van der Waals surface area contributed by atoms with E-state index >= 15 is 0 Å². The summed E-state index contributed by atoms with van der Waals surface area (Å²) in [5.74, 6) is -0.802. The van der Waals surface area contributed by atoms with Gasteiger partial charge in [-0.15, -0.1) is 0 Å². The first-order valence-corrected chi connectivity index (χ1v) is 9.28. The molecule has 0 N–H and O–H groups in total. The molecule has 0 aromatic heterocycles. The van der Waals surface area contributed by atoms with Gasteiger partial charge in [-0.2, -0.15) is 0 Å². The summed E-state index contributed by atoms with van der Waals surface area (Å²) in [5, 5.41) is 0. The third-order valence-corrected chi connectivity index (χ3v) is 4.55. The molecule has 0 amide bonds. The molecule has 6 atom stereocenters. The van der Waals surface area contributed by atoms with Gasteiger partial charge in [-0.3, -0.25) is 0 Å². The van der Waals surface area contributed by atoms with Crippen molar-refractivity contribution < 1.29 is 75.7 Å². The molecule has 12 heteroatoms. The molecular weight excluding hydrogens is 395 g/mol. The van der Waals surface area contributed by atoms with E-state index in [0.29, 0.717) is 0 Å². The Morgan fingerprint density at radius 2 is 1.67 bits per heavy atom. The summed E-state index contributed by atoms with van der Waals surface area (Å²) in [6.45, 7) is 0.148. The minimum Gasteiger partial charge on any atom is -0.748 e. The Labute approximate surface area is 182 Å². The molecule has 27 heavy (non-hydrogen) atoms. The average Bonchev–Trinajstić information content (AvgIpc) is 2.57. The molecule has 1 aliphatic rings. The Kier molecular flexibility index (Phi) is 13.3. The first-order valence-electron chi connectivity index (χ1n) is 7.70. The number of hydrogen-bond acceptors (Lipinski definition) is 10. The Morgan fingerprint density at radius 1 is 1.07 bits per heavy atom.